The van der Waals surface area contributed by atoms with Crippen LogP contribution in [-0.2, 0) is 17.5 Å². The molecule has 8 heteroatoms. The molecule has 0 aliphatic rings. The summed E-state index contributed by atoms with van der Waals surface area (Å²) in [6.45, 7) is 3.39. The molecular weight excluding hydrogens is 377 g/mol. The summed E-state index contributed by atoms with van der Waals surface area (Å²) in [7, 11) is 0. The van der Waals surface area contributed by atoms with E-state index in [1.165, 1.54) is 23.5 Å². The molecule has 1 aromatic heterocycles. The van der Waals surface area contributed by atoms with E-state index in [1.54, 1.807) is 0 Å². The molecule has 1 amide bonds. The molecule has 0 radical (unpaired) electrons. The standard InChI is InChI=1S/C19H17F3N2O2S/c1-2-26-11-10-24-15-8-3-4-9-16(15)27-18(24)23-17(25)13-6-5-7-14(12-13)19(20,21)22/h3-9,12H,2,10-11H2,1H3. The second-order valence-electron chi connectivity index (χ2n) is 5.70. The summed E-state index contributed by atoms with van der Waals surface area (Å²) in [6.07, 6.45) is -4.51. The molecule has 3 rings (SSSR count). The number of nitrogens with zero attached hydrogens (tertiary/aromatic N) is 2. The number of halogens is 3. The molecule has 0 bridgehead atoms. The number of hydrogen-bond acceptors (Lipinski definition) is 3. The zero-order valence-electron chi connectivity index (χ0n) is 14.5. The number of benzene rings is 2. The first-order valence-corrected chi connectivity index (χ1v) is 9.14. The van der Waals surface area contributed by atoms with Gasteiger partial charge in [0.15, 0.2) is 4.80 Å². The predicted octanol–water partition coefficient (Wildman–Crippen LogP) is 4.50. The average Bonchev–Trinajstić information content (AvgIpc) is 2.99. The third kappa shape index (κ3) is 4.45. The zero-order valence-corrected chi connectivity index (χ0v) is 15.3. The third-order valence-electron chi connectivity index (χ3n) is 3.89. The summed E-state index contributed by atoms with van der Waals surface area (Å²) >= 11 is 1.31. The molecule has 1 heterocycles. The fourth-order valence-electron chi connectivity index (χ4n) is 2.60. The smallest absolute Gasteiger partial charge is 0.380 e. The molecule has 2 aromatic carbocycles. The van der Waals surface area contributed by atoms with Crippen molar-refractivity contribution < 1.29 is 22.7 Å². The number of alkyl halides is 3. The van der Waals surface area contributed by atoms with Crippen molar-refractivity contribution in [3.63, 3.8) is 0 Å². The van der Waals surface area contributed by atoms with Gasteiger partial charge in [-0.1, -0.05) is 29.5 Å². The predicted molar refractivity (Wildman–Crippen MR) is 97.6 cm³/mol. The van der Waals surface area contributed by atoms with Crippen LogP contribution in [0.3, 0.4) is 0 Å². The molecule has 142 valence electrons. The molecule has 0 atom stereocenters. The van der Waals surface area contributed by atoms with Crippen LogP contribution in [0.1, 0.15) is 22.8 Å². The minimum atomic E-state index is -4.51. The van der Waals surface area contributed by atoms with E-state index in [0.29, 0.717) is 24.6 Å². The van der Waals surface area contributed by atoms with E-state index in [1.807, 2.05) is 35.8 Å². The van der Waals surface area contributed by atoms with E-state index in [-0.39, 0.29) is 5.56 Å². The summed E-state index contributed by atoms with van der Waals surface area (Å²) in [4.78, 5) is 17.0. The van der Waals surface area contributed by atoms with Crippen LogP contribution in [0.2, 0.25) is 0 Å². The van der Waals surface area contributed by atoms with Crippen LogP contribution in [0.5, 0.6) is 0 Å². The molecule has 0 fully saturated rings. The molecule has 0 aliphatic carbocycles. The largest absolute Gasteiger partial charge is 0.416 e. The summed E-state index contributed by atoms with van der Waals surface area (Å²) in [6, 6.07) is 11.9. The first-order chi connectivity index (χ1) is 12.9. The van der Waals surface area contributed by atoms with Gasteiger partial charge in [0.05, 0.1) is 22.4 Å². The first-order valence-electron chi connectivity index (χ1n) is 8.32. The quantitative estimate of drug-likeness (QED) is 0.598. The molecule has 27 heavy (non-hydrogen) atoms. The van der Waals surface area contributed by atoms with E-state index in [9.17, 15) is 18.0 Å². The monoisotopic (exact) mass is 394 g/mol. The number of thiazole rings is 1. The van der Waals surface area contributed by atoms with Gasteiger partial charge < -0.3 is 9.30 Å². The Balaban J connectivity index is 2.02. The van der Waals surface area contributed by atoms with Gasteiger partial charge in [0, 0.05) is 18.7 Å². The van der Waals surface area contributed by atoms with Gasteiger partial charge in [0.2, 0.25) is 0 Å². The molecule has 3 aromatic rings. The Labute approximate surface area is 157 Å². The van der Waals surface area contributed by atoms with Crippen LogP contribution in [0, 0.1) is 0 Å². The van der Waals surface area contributed by atoms with E-state index in [4.69, 9.17) is 4.74 Å². The molecule has 0 saturated carbocycles. The van der Waals surface area contributed by atoms with Crippen LogP contribution < -0.4 is 4.80 Å². The van der Waals surface area contributed by atoms with Crippen LogP contribution >= 0.6 is 11.3 Å². The molecule has 4 nitrogen and oxygen atoms in total. The van der Waals surface area contributed by atoms with Crippen LogP contribution in [0.15, 0.2) is 53.5 Å². The molecule has 0 aliphatic heterocycles. The van der Waals surface area contributed by atoms with Crippen molar-refractivity contribution in [3.8, 4) is 0 Å². The van der Waals surface area contributed by atoms with Crippen molar-refractivity contribution in [2.75, 3.05) is 13.2 Å². The first kappa shape index (κ1) is 19.3. The number of aromatic nitrogens is 1. The number of carbonyl (C=O) groups excluding carboxylic acids is 1. The molecule has 0 spiro atoms. The third-order valence-corrected chi connectivity index (χ3v) is 4.94. The second kappa shape index (κ2) is 8.06. The summed E-state index contributed by atoms with van der Waals surface area (Å²) in [5, 5.41) is 0. The summed E-state index contributed by atoms with van der Waals surface area (Å²) in [5.74, 6) is -0.710. The number of amides is 1. The lowest BCUT2D eigenvalue weighted by Crippen LogP contribution is -2.20. The fraction of sp³-hybridized carbons (Fsp3) is 0.263. The normalized spacial score (nSPS) is 12.7. The van der Waals surface area contributed by atoms with Gasteiger partial charge >= 0.3 is 6.18 Å². The fourth-order valence-corrected chi connectivity index (χ4v) is 3.66. The van der Waals surface area contributed by atoms with Gasteiger partial charge in [-0.3, -0.25) is 4.79 Å². The highest BCUT2D eigenvalue weighted by atomic mass is 32.1. The maximum atomic E-state index is 12.9. The van der Waals surface area contributed by atoms with Crippen LogP contribution in [0.4, 0.5) is 13.2 Å². The highest BCUT2D eigenvalue weighted by Crippen LogP contribution is 2.29. The maximum Gasteiger partial charge on any atom is 0.416 e. The highest BCUT2D eigenvalue weighted by Gasteiger charge is 2.30. The Hall–Kier alpha value is -2.45. The van der Waals surface area contributed by atoms with Gasteiger partial charge in [-0.15, -0.1) is 0 Å². The number of rotatable bonds is 5. The number of hydrogen-bond donors (Lipinski definition) is 0. The molecule has 0 saturated heterocycles. The van der Waals surface area contributed by atoms with Crippen molar-refractivity contribution in [1.82, 2.24) is 4.57 Å². The zero-order chi connectivity index (χ0) is 19.4. The highest BCUT2D eigenvalue weighted by molar-refractivity contribution is 7.16. The Morgan fingerprint density at radius 1 is 1.19 bits per heavy atom. The minimum absolute atomic E-state index is 0.0985. The molecule has 0 N–H and O–H groups in total. The lowest BCUT2D eigenvalue weighted by Gasteiger charge is -2.07. The van der Waals surface area contributed by atoms with E-state index in [0.717, 1.165) is 22.3 Å². The number of fused-ring (bicyclic) bond motifs is 1. The van der Waals surface area contributed by atoms with Gasteiger partial charge in [-0.05, 0) is 37.3 Å². The van der Waals surface area contributed by atoms with Crippen molar-refractivity contribution >= 4 is 27.5 Å². The Bertz CT molecular complexity index is 1020. The minimum Gasteiger partial charge on any atom is -0.380 e. The van der Waals surface area contributed by atoms with Crippen molar-refractivity contribution in [2.45, 2.75) is 19.6 Å². The van der Waals surface area contributed by atoms with Gasteiger partial charge in [-0.2, -0.15) is 18.2 Å². The number of para-hydroxylation sites is 1. The van der Waals surface area contributed by atoms with Crippen LogP contribution in [-0.4, -0.2) is 23.7 Å². The summed E-state index contributed by atoms with van der Waals surface area (Å²) in [5.41, 5.74) is -0.0689. The second-order valence-corrected chi connectivity index (χ2v) is 6.71. The van der Waals surface area contributed by atoms with Gasteiger partial charge in [-0.25, -0.2) is 0 Å². The maximum absolute atomic E-state index is 12.9. The van der Waals surface area contributed by atoms with Crippen molar-refractivity contribution in [3.05, 3.63) is 64.5 Å². The number of carbonyl (C=O) groups is 1. The van der Waals surface area contributed by atoms with E-state index in [2.05, 4.69) is 4.99 Å². The molecular formula is C19H17F3N2O2S. The van der Waals surface area contributed by atoms with E-state index < -0.39 is 17.6 Å². The van der Waals surface area contributed by atoms with Gasteiger partial charge in [0.25, 0.3) is 5.91 Å². The lowest BCUT2D eigenvalue weighted by atomic mass is 10.1. The Kier molecular flexibility index (Phi) is 5.76. The molecule has 0 unspecified atom stereocenters. The SMILES string of the molecule is CCOCCn1c(=NC(=O)c2cccc(C(F)(F)F)c2)sc2ccccc21. The average molecular weight is 394 g/mol. The number of ether oxygens (including phenoxy) is 1. The van der Waals surface area contributed by atoms with Crippen molar-refractivity contribution in [2.24, 2.45) is 4.99 Å². The topological polar surface area (TPSA) is 43.6 Å². The summed E-state index contributed by atoms with van der Waals surface area (Å²) < 4.78 is 46.8. The Morgan fingerprint density at radius 3 is 2.70 bits per heavy atom. The van der Waals surface area contributed by atoms with Gasteiger partial charge in [0.1, 0.15) is 0 Å². The Morgan fingerprint density at radius 2 is 1.96 bits per heavy atom. The van der Waals surface area contributed by atoms with Crippen LogP contribution in [0.25, 0.3) is 10.2 Å². The van der Waals surface area contributed by atoms with E-state index >= 15 is 0 Å². The lowest BCUT2D eigenvalue weighted by molar-refractivity contribution is -0.137. The van der Waals surface area contributed by atoms with Crippen molar-refractivity contribution in [1.29, 1.82) is 0 Å².